The van der Waals surface area contributed by atoms with E-state index in [1.165, 1.54) is 7.11 Å². The first-order valence-corrected chi connectivity index (χ1v) is 5.08. The second-order valence-corrected chi connectivity index (χ2v) is 3.42. The maximum Gasteiger partial charge on any atom is 0.328 e. The minimum atomic E-state index is -0.236. The van der Waals surface area contributed by atoms with Crippen LogP contribution in [0.2, 0.25) is 0 Å². The monoisotopic (exact) mass is 199 g/mol. The van der Waals surface area contributed by atoms with Gasteiger partial charge in [-0.3, -0.25) is 0 Å². The van der Waals surface area contributed by atoms with Crippen molar-refractivity contribution in [3.05, 3.63) is 16.8 Å². The first-order valence-electron chi connectivity index (χ1n) is 4.14. The number of ether oxygens (including phenoxy) is 1. The average Bonchev–Trinajstić information content (AvgIpc) is 2.65. The molecule has 1 heterocycles. The summed E-state index contributed by atoms with van der Waals surface area (Å²) in [5.74, 6) is -0.214. The molecule has 1 atom stereocenters. The maximum atomic E-state index is 11.2. The molecule has 0 radical (unpaired) electrons. The Labute approximate surface area is 81.7 Å². The van der Waals surface area contributed by atoms with E-state index in [1.54, 1.807) is 11.3 Å². The molecule has 0 aromatic carbocycles. The van der Waals surface area contributed by atoms with Crippen molar-refractivity contribution in [2.45, 2.75) is 19.4 Å². The van der Waals surface area contributed by atoms with Crippen molar-refractivity contribution < 1.29 is 9.53 Å². The van der Waals surface area contributed by atoms with Crippen LogP contribution in [0.3, 0.4) is 0 Å². The van der Waals surface area contributed by atoms with E-state index < -0.39 is 0 Å². The van der Waals surface area contributed by atoms with Crippen LogP contribution < -0.4 is 5.32 Å². The lowest BCUT2D eigenvalue weighted by Gasteiger charge is -2.13. The third kappa shape index (κ3) is 2.73. The molecule has 0 spiro atoms. The molecule has 0 saturated carbocycles. The molecule has 0 aliphatic carbocycles. The van der Waals surface area contributed by atoms with Crippen LogP contribution in [0.25, 0.3) is 0 Å². The number of anilines is 1. The van der Waals surface area contributed by atoms with Gasteiger partial charge in [0.2, 0.25) is 0 Å². The fourth-order valence-electron chi connectivity index (χ4n) is 1.02. The summed E-state index contributed by atoms with van der Waals surface area (Å²) in [5.41, 5.74) is 0.974. The van der Waals surface area contributed by atoms with Gasteiger partial charge in [-0.25, -0.2) is 4.79 Å². The Balaban J connectivity index is 2.54. The van der Waals surface area contributed by atoms with E-state index in [0.717, 1.165) is 12.1 Å². The Kier molecular flexibility index (Phi) is 3.76. The molecule has 0 saturated heterocycles. The van der Waals surface area contributed by atoms with Gasteiger partial charge in [-0.1, -0.05) is 6.92 Å². The standard InChI is InChI=1S/C9H13NO2S/c1-3-8(9(11)12-2)10-7-4-5-13-6-7/h4-6,8,10H,3H2,1-2H3. The van der Waals surface area contributed by atoms with Crippen molar-refractivity contribution >= 4 is 23.0 Å². The van der Waals surface area contributed by atoms with Crippen LogP contribution in [0.5, 0.6) is 0 Å². The minimum absolute atomic E-state index is 0.214. The largest absolute Gasteiger partial charge is 0.467 e. The van der Waals surface area contributed by atoms with Gasteiger partial charge in [0.05, 0.1) is 7.11 Å². The van der Waals surface area contributed by atoms with E-state index in [-0.39, 0.29) is 12.0 Å². The van der Waals surface area contributed by atoms with Gasteiger partial charge in [-0.05, 0) is 17.9 Å². The number of esters is 1. The molecule has 1 N–H and O–H groups in total. The number of methoxy groups -OCH3 is 1. The lowest BCUT2D eigenvalue weighted by Crippen LogP contribution is -2.29. The number of nitrogens with one attached hydrogen (secondary N) is 1. The molecule has 0 aliphatic heterocycles. The maximum absolute atomic E-state index is 11.2. The normalized spacial score (nSPS) is 12.2. The second kappa shape index (κ2) is 4.87. The van der Waals surface area contributed by atoms with Crippen molar-refractivity contribution in [3.8, 4) is 0 Å². The SMILES string of the molecule is CCC(Nc1ccsc1)C(=O)OC. The summed E-state index contributed by atoms with van der Waals surface area (Å²) in [4.78, 5) is 11.2. The predicted octanol–water partition coefficient (Wildman–Crippen LogP) is 2.11. The highest BCUT2D eigenvalue weighted by Crippen LogP contribution is 2.14. The van der Waals surface area contributed by atoms with Gasteiger partial charge in [0.1, 0.15) is 6.04 Å². The number of thiophene rings is 1. The van der Waals surface area contributed by atoms with Gasteiger partial charge in [-0.15, -0.1) is 0 Å². The number of hydrogen-bond acceptors (Lipinski definition) is 4. The quantitative estimate of drug-likeness (QED) is 0.755. The summed E-state index contributed by atoms with van der Waals surface area (Å²) in [6, 6.07) is 1.70. The smallest absolute Gasteiger partial charge is 0.328 e. The minimum Gasteiger partial charge on any atom is -0.467 e. The zero-order chi connectivity index (χ0) is 9.68. The van der Waals surface area contributed by atoms with E-state index in [0.29, 0.717) is 0 Å². The molecule has 13 heavy (non-hydrogen) atoms. The summed E-state index contributed by atoms with van der Waals surface area (Å²) in [7, 11) is 1.40. The molecule has 0 bridgehead atoms. The zero-order valence-electron chi connectivity index (χ0n) is 7.74. The van der Waals surface area contributed by atoms with Gasteiger partial charge >= 0.3 is 5.97 Å². The second-order valence-electron chi connectivity index (χ2n) is 2.64. The highest BCUT2D eigenvalue weighted by Gasteiger charge is 2.15. The van der Waals surface area contributed by atoms with E-state index in [2.05, 4.69) is 10.1 Å². The Hall–Kier alpha value is -1.03. The van der Waals surface area contributed by atoms with E-state index in [1.807, 2.05) is 23.8 Å². The van der Waals surface area contributed by atoms with E-state index in [4.69, 9.17) is 0 Å². The summed E-state index contributed by atoms with van der Waals surface area (Å²) in [6.45, 7) is 1.95. The summed E-state index contributed by atoms with van der Waals surface area (Å²) >= 11 is 1.60. The predicted molar refractivity (Wildman–Crippen MR) is 54.0 cm³/mol. The lowest BCUT2D eigenvalue weighted by molar-refractivity contribution is -0.141. The molecule has 1 unspecified atom stereocenters. The molecule has 0 fully saturated rings. The van der Waals surface area contributed by atoms with Crippen molar-refractivity contribution in [3.63, 3.8) is 0 Å². The summed E-state index contributed by atoms with van der Waals surface area (Å²) < 4.78 is 4.65. The molecular formula is C9H13NO2S. The highest BCUT2D eigenvalue weighted by molar-refractivity contribution is 7.08. The number of hydrogen-bond donors (Lipinski definition) is 1. The fraction of sp³-hybridized carbons (Fsp3) is 0.444. The Morgan fingerprint density at radius 2 is 2.54 bits per heavy atom. The third-order valence-corrected chi connectivity index (χ3v) is 2.44. The highest BCUT2D eigenvalue weighted by atomic mass is 32.1. The average molecular weight is 199 g/mol. The Bertz CT molecular complexity index is 259. The first kappa shape index (κ1) is 10.1. The topological polar surface area (TPSA) is 38.3 Å². The van der Waals surface area contributed by atoms with Crippen LogP contribution in [0.15, 0.2) is 16.8 Å². The Morgan fingerprint density at radius 3 is 3.00 bits per heavy atom. The van der Waals surface area contributed by atoms with Crippen LogP contribution in [0.1, 0.15) is 13.3 Å². The molecule has 1 rings (SSSR count). The van der Waals surface area contributed by atoms with Crippen LogP contribution >= 0.6 is 11.3 Å². The Morgan fingerprint density at radius 1 is 1.77 bits per heavy atom. The van der Waals surface area contributed by atoms with Gasteiger partial charge < -0.3 is 10.1 Å². The molecule has 1 aromatic rings. The molecular weight excluding hydrogens is 186 g/mol. The van der Waals surface area contributed by atoms with E-state index in [9.17, 15) is 4.79 Å². The molecule has 0 aliphatic rings. The van der Waals surface area contributed by atoms with E-state index >= 15 is 0 Å². The van der Waals surface area contributed by atoms with Gasteiger partial charge in [0, 0.05) is 11.1 Å². The molecule has 3 nitrogen and oxygen atoms in total. The van der Waals surface area contributed by atoms with Crippen molar-refractivity contribution in [2.75, 3.05) is 12.4 Å². The van der Waals surface area contributed by atoms with Crippen molar-refractivity contribution in [1.29, 1.82) is 0 Å². The van der Waals surface area contributed by atoms with Crippen molar-refractivity contribution in [1.82, 2.24) is 0 Å². The third-order valence-electron chi connectivity index (χ3n) is 1.76. The van der Waals surface area contributed by atoms with Crippen molar-refractivity contribution in [2.24, 2.45) is 0 Å². The van der Waals surface area contributed by atoms with Crippen LogP contribution in [-0.4, -0.2) is 19.1 Å². The summed E-state index contributed by atoms with van der Waals surface area (Å²) in [6.07, 6.45) is 0.725. The van der Waals surface area contributed by atoms with Gasteiger partial charge in [-0.2, -0.15) is 11.3 Å². The number of rotatable bonds is 4. The molecule has 4 heteroatoms. The first-order chi connectivity index (χ1) is 6.27. The van der Waals surface area contributed by atoms with Gasteiger partial charge in [0.15, 0.2) is 0 Å². The van der Waals surface area contributed by atoms with Crippen LogP contribution in [0, 0.1) is 0 Å². The number of carbonyl (C=O) groups is 1. The molecule has 1 aromatic heterocycles. The number of carbonyl (C=O) groups excluding carboxylic acids is 1. The summed E-state index contributed by atoms with van der Waals surface area (Å²) in [5, 5.41) is 7.02. The lowest BCUT2D eigenvalue weighted by atomic mass is 10.2. The fourth-order valence-corrected chi connectivity index (χ4v) is 1.61. The van der Waals surface area contributed by atoms with Gasteiger partial charge in [0.25, 0.3) is 0 Å². The molecule has 72 valence electrons. The molecule has 0 amide bonds. The van der Waals surface area contributed by atoms with Crippen LogP contribution in [-0.2, 0) is 9.53 Å². The van der Waals surface area contributed by atoms with Crippen LogP contribution in [0.4, 0.5) is 5.69 Å². The zero-order valence-corrected chi connectivity index (χ0v) is 8.56.